The molecule has 6 aliphatic rings. The number of carbonyl (C=O) groups excluding carboxylic acids is 4. The number of rotatable bonds is 5. The highest BCUT2D eigenvalue weighted by molar-refractivity contribution is 6.13. The van der Waals surface area contributed by atoms with Gasteiger partial charge in [-0.15, -0.1) is 0 Å². The number of fused-ring (bicyclic) bond motifs is 4. The van der Waals surface area contributed by atoms with E-state index in [0.717, 1.165) is 5.57 Å². The van der Waals surface area contributed by atoms with Crippen molar-refractivity contribution >= 4 is 23.1 Å². The Bertz CT molecular complexity index is 1700. The molecule has 0 aromatic heterocycles. The predicted octanol–water partition coefficient (Wildman–Crippen LogP) is 6.67. The average Bonchev–Trinajstić information content (AvgIpc) is 3.17. The van der Waals surface area contributed by atoms with Crippen molar-refractivity contribution in [2.75, 3.05) is 0 Å². The normalized spacial score (nSPS) is 38.8. The lowest BCUT2D eigenvalue weighted by Gasteiger charge is -2.40. The van der Waals surface area contributed by atoms with Gasteiger partial charge in [0.1, 0.15) is 12.2 Å². The van der Waals surface area contributed by atoms with E-state index in [9.17, 15) is 39.6 Å². The zero-order valence-corrected chi connectivity index (χ0v) is 29.7. The molecule has 8 nitrogen and oxygen atoms in total. The van der Waals surface area contributed by atoms with E-state index < -0.39 is 51.2 Å². The maximum Gasteiger partial charge on any atom is 0.224 e. The number of allylic oxidation sites excluding steroid dienone is 7. The van der Waals surface area contributed by atoms with Gasteiger partial charge >= 0.3 is 0 Å². The number of aliphatic hydroxyl groups excluding tert-OH is 4. The van der Waals surface area contributed by atoms with Crippen LogP contribution < -0.4 is 0 Å². The number of carbonyl (C=O) groups is 4. The van der Waals surface area contributed by atoms with Crippen molar-refractivity contribution in [2.24, 2.45) is 39.4 Å². The molecule has 6 aliphatic carbocycles. The molecular weight excluding hydrogens is 608 g/mol. The quantitative estimate of drug-likeness (QED) is 0.255. The van der Waals surface area contributed by atoms with Crippen molar-refractivity contribution in [1.82, 2.24) is 0 Å². The van der Waals surface area contributed by atoms with Crippen molar-refractivity contribution in [3.63, 3.8) is 0 Å². The molecule has 0 unspecified atom stereocenters. The first-order valence-electron chi connectivity index (χ1n) is 17.8. The summed E-state index contributed by atoms with van der Waals surface area (Å²) in [6, 6.07) is 0. The van der Waals surface area contributed by atoms with Gasteiger partial charge in [0.15, 0.2) is 23.1 Å². The van der Waals surface area contributed by atoms with Crippen LogP contribution in [0.2, 0.25) is 0 Å². The third-order valence-electron chi connectivity index (χ3n) is 13.5. The zero-order valence-electron chi connectivity index (χ0n) is 29.7. The lowest BCUT2D eigenvalue weighted by atomic mass is 9.64. The summed E-state index contributed by atoms with van der Waals surface area (Å²) >= 11 is 0. The van der Waals surface area contributed by atoms with Crippen LogP contribution in [0.25, 0.3) is 0 Å². The Morgan fingerprint density at radius 3 is 1.90 bits per heavy atom. The molecule has 1 fully saturated rings. The van der Waals surface area contributed by atoms with Crippen molar-refractivity contribution in [2.45, 2.75) is 125 Å². The van der Waals surface area contributed by atoms with Gasteiger partial charge in [-0.2, -0.15) is 0 Å². The zero-order chi connectivity index (χ0) is 35.5. The Kier molecular flexibility index (Phi) is 8.12. The maximum atomic E-state index is 13.8. The minimum atomic E-state index is -1.23. The fraction of sp³-hybridized carbons (Fsp3) is 0.650. The highest BCUT2D eigenvalue weighted by atomic mass is 16.3. The Morgan fingerprint density at radius 2 is 1.29 bits per heavy atom. The molecule has 1 saturated carbocycles. The lowest BCUT2D eigenvalue weighted by molar-refractivity contribution is -0.127. The van der Waals surface area contributed by atoms with Gasteiger partial charge in [0.05, 0.1) is 0 Å². The fourth-order valence-corrected chi connectivity index (χ4v) is 10.9. The first-order valence-corrected chi connectivity index (χ1v) is 17.8. The Balaban J connectivity index is 1.47. The molecule has 0 radical (unpaired) electrons. The molecule has 8 heteroatoms. The van der Waals surface area contributed by atoms with Crippen molar-refractivity contribution in [3.05, 3.63) is 56.6 Å². The molecule has 48 heavy (non-hydrogen) atoms. The molecule has 6 rings (SSSR count). The van der Waals surface area contributed by atoms with E-state index in [4.69, 9.17) is 0 Å². The summed E-state index contributed by atoms with van der Waals surface area (Å²) in [5.74, 6) is -2.35. The largest absolute Gasteiger partial charge is 0.504 e. The SMILES string of the molecule is CC(C)C1=C(O)C(=O)C2=CC3=C(CCC4=C5CC6=C(O)C(=O)[C@H](C(C)C)[C@@]6(C)CC[C@]5(C)C[C@@H](O)C4=O)C(=O)[C@H](O)C[C@@]3(C)CC[C@@]21C. The number of Topliss-reactive ketones (excluding diaryl/α,β-unsaturated/α-hetero) is 4. The summed E-state index contributed by atoms with van der Waals surface area (Å²) in [5, 5.41) is 44.3. The Labute approximate surface area is 283 Å². The van der Waals surface area contributed by atoms with Gasteiger partial charge in [-0.05, 0) is 109 Å². The topological polar surface area (TPSA) is 149 Å². The van der Waals surface area contributed by atoms with Crippen LogP contribution in [0.15, 0.2) is 56.6 Å². The highest BCUT2D eigenvalue weighted by Gasteiger charge is 2.57. The van der Waals surface area contributed by atoms with E-state index >= 15 is 0 Å². The minimum absolute atomic E-state index is 0.0123. The predicted molar refractivity (Wildman–Crippen MR) is 181 cm³/mol. The smallest absolute Gasteiger partial charge is 0.224 e. The summed E-state index contributed by atoms with van der Waals surface area (Å²) in [6.07, 6.45) is 2.75. The molecule has 0 aliphatic heterocycles. The third-order valence-corrected chi connectivity index (χ3v) is 13.5. The number of aliphatic hydroxyl groups is 4. The molecule has 0 spiro atoms. The molecule has 7 atom stereocenters. The maximum absolute atomic E-state index is 13.8. The van der Waals surface area contributed by atoms with Crippen LogP contribution in [0, 0.1) is 39.4 Å². The second kappa shape index (κ2) is 11.2. The molecule has 0 bridgehead atoms. The number of hydrogen-bond acceptors (Lipinski definition) is 8. The first kappa shape index (κ1) is 34.8. The third kappa shape index (κ3) is 4.75. The van der Waals surface area contributed by atoms with Gasteiger partial charge in [0.25, 0.3) is 0 Å². The second-order valence-electron chi connectivity index (χ2n) is 17.3. The molecule has 4 N–H and O–H groups in total. The van der Waals surface area contributed by atoms with Crippen LogP contribution in [-0.4, -0.2) is 55.8 Å². The van der Waals surface area contributed by atoms with Crippen molar-refractivity contribution in [1.29, 1.82) is 0 Å². The van der Waals surface area contributed by atoms with Gasteiger partial charge in [0.2, 0.25) is 11.6 Å². The molecule has 0 heterocycles. The molecule has 0 saturated heterocycles. The van der Waals surface area contributed by atoms with Gasteiger partial charge in [-0.25, -0.2) is 0 Å². The number of ketones is 4. The summed E-state index contributed by atoms with van der Waals surface area (Å²) < 4.78 is 0. The second-order valence-corrected chi connectivity index (χ2v) is 17.3. The van der Waals surface area contributed by atoms with Gasteiger partial charge in [-0.3, -0.25) is 19.2 Å². The molecule has 0 amide bonds. The minimum Gasteiger partial charge on any atom is -0.504 e. The van der Waals surface area contributed by atoms with E-state index in [-0.39, 0.29) is 67.2 Å². The summed E-state index contributed by atoms with van der Waals surface area (Å²) in [7, 11) is 0. The Morgan fingerprint density at radius 1 is 0.729 bits per heavy atom. The lowest BCUT2D eigenvalue weighted by Crippen LogP contribution is -2.40. The average molecular weight is 661 g/mol. The van der Waals surface area contributed by atoms with Crippen LogP contribution >= 0.6 is 0 Å². The monoisotopic (exact) mass is 660 g/mol. The molecule has 0 aromatic carbocycles. The summed E-state index contributed by atoms with van der Waals surface area (Å²) in [6.45, 7) is 16.0. The van der Waals surface area contributed by atoms with Gasteiger partial charge < -0.3 is 20.4 Å². The molecule has 260 valence electrons. The van der Waals surface area contributed by atoms with Crippen molar-refractivity contribution < 1.29 is 39.6 Å². The van der Waals surface area contributed by atoms with Crippen LogP contribution in [0.3, 0.4) is 0 Å². The van der Waals surface area contributed by atoms with Crippen LogP contribution in [0.5, 0.6) is 0 Å². The standard InChI is InChI=1S/C40H52O8/c1-19(2)29-35(47)33(45)25-15-23-21(31(43)27(41)17-37(23,5)11-13-39(25,29)7)9-10-22-24-16-26-34(46)36(48)30(20(3)4)40(26,8)14-12-38(24,6)18-28(42)32(22)44/h15,19-20,27-28,30,41-42,46-47H,9-14,16-18H2,1-8H3/t27-,28-,30+,37-,38-,39+,40+/m1/s1. The highest BCUT2D eigenvalue weighted by Crippen LogP contribution is 2.61. The van der Waals surface area contributed by atoms with E-state index in [0.29, 0.717) is 59.1 Å². The summed E-state index contributed by atoms with van der Waals surface area (Å²) in [5.41, 5.74) is 1.67. The molecule has 0 aromatic rings. The van der Waals surface area contributed by atoms with Crippen LogP contribution in [-0.2, 0) is 19.2 Å². The number of hydrogen-bond donors (Lipinski definition) is 4. The van der Waals surface area contributed by atoms with Crippen LogP contribution in [0.1, 0.15) is 113 Å². The van der Waals surface area contributed by atoms with Crippen molar-refractivity contribution in [3.8, 4) is 0 Å². The van der Waals surface area contributed by atoms with Gasteiger partial charge in [-0.1, -0.05) is 61.0 Å². The van der Waals surface area contributed by atoms with E-state index in [1.165, 1.54) is 0 Å². The summed E-state index contributed by atoms with van der Waals surface area (Å²) in [4.78, 5) is 54.5. The van der Waals surface area contributed by atoms with E-state index in [2.05, 4.69) is 6.92 Å². The molecular formula is C40H52O8. The van der Waals surface area contributed by atoms with E-state index in [1.54, 1.807) is 6.08 Å². The Hall–Kier alpha value is -3.10. The van der Waals surface area contributed by atoms with Crippen LogP contribution in [0.4, 0.5) is 0 Å². The van der Waals surface area contributed by atoms with E-state index in [1.807, 2.05) is 48.5 Å². The first-order chi connectivity index (χ1) is 22.2. The fourth-order valence-electron chi connectivity index (χ4n) is 10.9. The van der Waals surface area contributed by atoms with Gasteiger partial charge in [0, 0.05) is 27.9 Å².